The van der Waals surface area contributed by atoms with Gasteiger partial charge in [-0.3, -0.25) is 9.69 Å². The molecule has 1 heterocycles. The molecule has 1 aliphatic heterocycles. The summed E-state index contributed by atoms with van der Waals surface area (Å²) in [6.07, 6.45) is 1.68. The van der Waals surface area contributed by atoms with Crippen LogP contribution in [0.15, 0.2) is 60.7 Å². The number of nitrogens with one attached hydrogen (secondary N) is 1. The van der Waals surface area contributed by atoms with Crippen molar-refractivity contribution in [3.8, 4) is 17.2 Å². The van der Waals surface area contributed by atoms with Crippen LogP contribution in [0, 0.1) is 6.92 Å². The van der Waals surface area contributed by atoms with Crippen molar-refractivity contribution in [3.63, 3.8) is 0 Å². The average Bonchev–Trinajstić information content (AvgIpc) is 2.91. The fraction of sp³-hybridized carbons (Fsp3) is 0.367. The molecule has 0 radical (unpaired) electrons. The maximum absolute atomic E-state index is 13.4. The van der Waals surface area contributed by atoms with Gasteiger partial charge < -0.3 is 19.5 Å². The van der Waals surface area contributed by atoms with E-state index in [-0.39, 0.29) is 18.0 Å². The number of fused-ring (bicyclic) bond motifs is 1. The van der Waals surface area contributed by atoms with E-state index in [0.29, 0.717) is 11.3 Å². The van der Waals surface area contributed by atoms with Gasteiger partial charge in [0, 0.05) is 24.7 Å². The summed E-state index contributed by atoms with van der Waals surface area (Å²) in [6.45, 7) is 5.73. The van der Waals surface area contributed by atoms with Gasteiger partial charge in [0.15, 0.2) is 11.5 Å². The summed E-state index contributed by atoms with van der Waals surface area (Å²) in [7, 11) is 5.00. The maximum Gasteiger partial charge on any atom is 0.251 e. The summed E-state index contributed by atoms with van der Waals surface area (Å²) in [6, 6.07) is 20.0. The van der Waals surface area contributed by atoms with Crippen LogP contribution in [0.5, 0.6) is 17.2 Å². The summed E-state index contributed by atoms with van der Waals surface area (Å²) >= 11 is 0. The van der Waals surface area contributed by atoms with Gasteiger partial charge in [0.1, 0.15) is 5.75 Å². The van der Waals surface area contributed by atoms with E-state index in [1.165, 1.54) is 16.7 Å². The van der Waals surface area contributed by atoms with Crippen molar-refractivity contribution in [1.82, 2.24) is 10.2 Å². The summed E-state index contributed by atoms with van der Waals surface area (Å²) in [4.78, 5) is 15.8. The van der Waals surface area contributed by atoms with E-state index in [1.54, 1.807) is 21.3 Å². The first-order valence-electron chi connectivity index (χ1n) is 12.5. The van der Waals surface area contributed by atoms with Crippen molar-refractivity contribution < 1.29 is 19.0 Å². The second-order valence-electron chi connectivity index (χ2n) is 9.22. The first-order valence-corrected chi connectivity index (χ1v) is 12.5. The number of ether oxygens (including phenoxy) is 3. The highest BCUT2D eigenvalue weighted by atomic mass is 16.5. The lowest BCUT2D eigenvalue weighted by Gasteiger charge is -2.42. The molecular formula is C30H36N2O4. The van der Waals surface area contributed by atoms with Gasteiger partial charge in [-0.25, -0.2) is 0 Å². The monoisotopic (exact) mass is 488 g/mol. The van der Waals surface area contributed by atoms with Gasteiger partial charge in [-0.1, -0.05) is 37.3 Å². The number of hydrogen-bond donors (Lipinski definition) is 1. The van der Waals surface area contributed by atoms with Crippen LogP contribution in [0.4, 0.5) is 0 Å². The van der Waals surface area contributed by atoms with Gasteiger partial charge >= 0.3 is 0 Å². The Morgan fingerprint density at radius 1 is 1.00 bits per heavy atom. The molecule has 190 valence electrons. The molecule has 1 N–H and O–H groups in total. The third-order valence-electron chi connectivity index (χ3n) is 7.10. The molecule has 3 aromatic carbocycles. The molecule has 0 bridgehead atoms. The molecule has 6 nitrogen and oxygen atoms in total. The molecular weight excluding hydrogens is 452 g/mol. The van der Waals surface area contributed by atoms with E-state index in [2.05, 4.69) is 41.4 Å². The van der Waals surface area contributed by atoms with Gasteiger partial charge in [-0.05, 0) is 72.4 Å². The number of benzene rings is 3. The van der Waals surface area contributed by atoms with Crippen LogP contribution in [-0.2, 0) is 13.0 Å². The van der Waals surface area contributed by atoms with Crippen LogP contribution >= 0.6 is 0 Å². The summed E-state index contributed by atoms with van der Waals surface area (Å²) in [5.74, 6) is 2.23. The lowest BCUT2D eigenvalue weighted by Crippen LogP contribution is -2.48. The Hall–Kier alpha value is -3.51. The number of amides is 1. The zero-order valence-electron chi connectivity index (χ0n) is 21.8. The van der Waals surface area contributed by atoms with E-state index in [1.807, 2.05) is 43.3 Å². The van der Waals surface area contributed by atoms with Gasteiger partial charge in [-0.15, -0.1) is 0 Å². The molecule has 36 heavy (non-hydrogen) atoms. The number of aryl methyl sites for hydroxylation is 1. The second kappa shape index (κ2) is 11.5. The summed E-state index contributed by atoms with van der Waals surface area (Å²) in [5.41, 5.74) is 5.28. The van der Waals surface area contributed by atoms with E-state index in [0.717, 1.165) is 43.0 Å². The van der Waals surface area contributed by atoms with Crippen LogP contribution < -0.4 is 19.5 Å². The van der Waals surface area contributed by atoms with Crippen molar-refractivity contribution in [2.75, 3.05) is 27.9 Å². The van der Waals surface area contributed by atoms with Crippen molar-refractivity contribution in [2.24, 2.45) is 0 Å². The molecule has 0 saturated carbocycles. The number of carbonyl (C=O) groups is 1. The average molecular weight is 489 g/mol. The van der Waals surface area contributed by atoms with E-state index >= 15 is 0 Å². The van der Waals surface area contributed by atoms with Crippen molar-refractivity contribution >= 4 is 5.91 Å². The zero-order valence-corrected chi connectivity index (χ0v) is 21.8. The van der Waals surface area contributed by atoms with E-state index in [4.69, 9.17) is 14.2 Å². The molecule has 0 aliphatic carbocycles. The van der Waals surface area contributed by atoms with Crippen LogP contribution in [0.25, 0.3) is 0 Å². The minimum atomic E-state index is -0.0903. The Labute approximate surface area is 214 Å². The lowest BCUT2D eigenvalue weighted by atomic mass is 9.86. The van der Waals surface area contributed by atoms with Crippen molar-refractivity contribution in [3.05, 3.63) is 88.5 Å². The lowest BCUT2D eigenvalue weighted by molar-refractivity contribution is 0.0858. The number of hydrogen-bond acceptors (Lipinski definition) is 5. The molecule has 0 saturated heterocycles. The van der Waals surface area contributed by atoms with Crippen LogP contribution in [0.3, 0.4) is 0 Å². The fourth-order valence-electron chi connectivity index (χ4n) is 5.12. The SMILES string of the molecule is CCC(NC(=O)c1ccccc1C)C1c2cc(OC)c(OC)cc2CCN1Cc1ccc(OC)cc1. The first kappa shape index (κ1) is 25.6. The zero-order chi connectivity index (χ0) is 25.7. The van der Waals surface area contributed by atoms with Gasteiger partial charge in [0.25, 0.3) is 5.91 Å². The number of carbonyl (C=O) groups excluding carboxylic acids is 1. The first-order chi connectivity index (χ1) is 17.5. The molecule has 0 fully saturated rings. The second-order valence-corrected chi connectivity index (χ2v) is 9.22. The highest BCUT2D eigenvalue weighted by Crippen LogP contribution is 2.40. The van der Waals surface area contributed by atoms with Gasteiger partial charge in [-0.2, -0.15) is 0 Å². The third-order valence-corrected chi connectivity index (χ3v) is 7.10. The molecule has 2 atom stereocenters. The number of rotatable bonds is 9. The predicted molar refractivity (Wildman–Crippen MR) is 142 cm³/mol. The third kappa shape index (κ3) is 5.34. The molecule has 6 heteroatoms. The maximum atomic E-state index is 13.4. The minimum Gasteiger partial charge on any atom is -0.497 e. The molecule has 2 unspecified atom stereocenters. The highest BCUT2D eigenvalue weighted by molar-refractivity contribution is 5.95. The molecule has 1 aliphatic rings. The Balaban J connectivity index is 1.72. The molecule has 3 aromatic rings. The summed E-state index contributed by atoms with van der Waals surface area (Å²) < 4.78 is 16.6. The quantitative estimate of drug-likeness (QED) is 0.441. The van der Waals surface area contributed by atoms with Crippen LogP contribution in [0.2, 0.25) is 0 Å². The molecule has 4 rings (SSSR count). The van der Waals surface area contributed by atoms with Crippen LogP contribution in [0.1, 0.15) is 52.0 Å². The highest BCUT2D eigenvalue weighted by Gasteiger charge is 2.35. The van der Waals surface area contributed by atoms with Gasteiger partial charge in [0.05, 0.1) is 27.4 Å². The Kier molecular flexibility index (Phi) is 8.16. The number of methoxy groups -OCH3 is 3. The topological polar surface area (TPSA) is 60.0 Å². The smallest absolute Gasteiger partial charge is 0.251 e. The minimum absolute atomic E-state index is 0.0198. The van der Waals surface area contributed by atoms with E-state index in [9.17, 15) is 4.79 Å². The standard InChI is InChI=1S/C30H36N2O4/c1-6-26(31-30(33)24-10-8-7-9-20(24)2)29-25-18-28(36-5)27(35-4)17-22(25)15-16-32(29)19-21-11-13-23(34-3)14-12-21/h7-14,17-18,26,29H,6,15-16,19H2,1-5H3,(H,31,33). The Morgan fingerprint density at radius 2 is 1.69 bits per heavy atom. The Bertz CT molecular complexity index is 1190. The summed E-state index contributed by atoms with van der Waals surface area (Å²) in [5, 5.41) is 3.36. The normalized spacial score (nSPS) is 16.1. The largest absolute Gasteiger partial charge is 0.497 e. The molecule has 1 amide bonds. The molecule has 0 aromatic heterocycles. The van der Waals surface area contributed by atoms with E-state index < -0.39 is 0 Å². The van der Waals surface area contributed by atoms with Gasteiger partial charge in [0.2, 0.25) is 0 Å². The Morgan fingerprint density at radius 3 is 2.33 bits per heavy atom. The predicted octanol–water partition coefficient (Wildman–Crippen LogP) is 5.33. The fourth-order valence-corrected chi connectivity index (χ4v) is 5.12. The van der Waals surface area contributed by atoms with Crippen molar-refractivity contribution in [2.45, 2.75) is 45.3 Å². The van der Waals surface area contributed by atoms with Crippen LogP contribution in [-0.4, -0.2) is 44.7 Å². The number of nitrogens with zero attached hydrogens (tertiary/aromatic N) is 1. The molecule has 0 spiro atoms. The van der Waals surface area contributed by atoms with Crippen molar-refractivity contribution in [1.29, 1.82) is 0 Å².